The predicted octanol–water partition coefficient (Wildman–Crippen LogP) is 1.34. The Balaban J connectivity index is 0. The van der Waals surface area contributed by atoms with Crippen LogP contribution < -0.4 is 0 Å². The SMILES string of the molecule is CC(C)N(Cl)C(C)C.[MgH2]. The second kappa shape index (κ2) is 5.78. The third-order valence-electron chi connectivity index (χ3n) is 0.987. The van der Waals surface area contributed by atoms with Gasteiger partial charge in [-0.25, -0.2) is 4.42 Å². The second-order valence-corrected chi connectivity index (χ2v) is 2.92. The third-order valence-corrected chi connectivity index (χ3v) is 1.77. The monoisotopic (exact) mass is 161 g/mol. The zero-order valence-electron chi connectivity index (χ0n) is 5.98. The summed E-state index contributed by atoms with van der Waals surface area (Å²) in [6, 6.07) is 0.883. The summed E-state index contributed by atoms with van der Waals surface area (Å²) in [7, 11) is 0. The average molecular weight is 162 g/mol. The van der Waals surface area contributed by atoms with E-state index in [1.54, 1.807) is 4.42 Å². The Morgan fingerprint density at radius 2 is 1.22 bits per heavy atom. The Morgan fingerprint density at radius 1 is 1.00 bits per heavy atom. The van der Waals surface area contributed by atoms with Crippen molar-refractivity contribution in [3.8, 4) is 0 Å². The molecule has 0 fully saturated rings. The molecule has 0 radical (unpaired) electrons. The van der Waals surface area contributed by atoms with Crippen molar-refractivity contribution in [3.63, 3.8) is 0 Å². The quantitative estimate of drug-likeness (QED) is 0.437. The average Bonchev–Trinajstić information content (AvgIpc) is 1.64. The summed E-state index contributed by atoms with van der Waals surface area (Å²) in [6.07, 6.45) is 0. The van der Waals surface area contributed by atoms with E-state index in [0.29, 0.717) is 12.1 Å². The molecule has 0 saturated heterocycles. The van der Waals surface area contributed by atoms with Crippen LogP contribution in [0.4, 0.5) is 0 Å². The minimum atomic E-state index is 0. The van der Waals surface area contributed by atoms with Crippen molar-refractivity contribution >= 4 is 34.8 Å². The summed E-state index contributed by atoms with van der Waals surface area (Å²) in [6.45, 7) is 8.31. The van der Waals surface area contributed by atoms with E-state index in [1.165, 1.54) is 0 Å². The fraction of sp³-hybridized carbons (Fsp3) is 1.00. The maximum atomic E-state index is 5.78. The molecule has 0 aliphatic rings. The van der Waals surface area contributed by atoms with Crippen molar-refractivity contribution in [2.75, 3.05) is 0 Å². The van der Waals surface area contributed by atoms with E-state index in [-0.39, 0.29) is 23.1 Å². The smallest absolute Gasteiger partial charge is 0.215 e. The van der Waals surface area contributed by atoms with E-state index in [1.807, 2.05) is 0 Å². The molecule has 3 heteroatoms. The lowest BCUT2D eigenvalue weighted by atomic mass is 10.3. The lowest BCUT2D eigenvalue weighted by Gasteiger charge is -2.21. The number of rotatable bonds is 2. The molecule has 0 saturated carbocycles. The lowest BCUT2D eigenvalue weighted by molar-refractivity contribution is 0.321. The van der Waals surface area contributed by atoms with Gasteiger partial charge in [-0.3, -0.25) is 0 Å². The molecule has 0 aromatic heterocycles. The Hall–Kier alpha value is 1.02. The standard InChI is InChI=1S/C6H14ClN.Mg.2H/c1-5(2)8(7)6(3)4;;;/h5-6H,1-4H3;;;. The highest BCUT2D eigenvalue weighted by Crippen LogP contribution is 2.06. The van der Waals surface area contributed by atoms with Crippen LogP contribution in [0, 0.1) is 0 Å². The molecule has 0 rings (SSSR count). The molecular weight excluding hydrogens is 146 g/mol. The van der Waals surface area contributed by atoms with Gasteiger partial charge in [-0.15, -0.1) is 0 Å². The third kappa shape index (κ3) is 5.46. The van der Waals surface area contributed by atoms with E-state index in [2.05, 4.69) is 27.7 Å². The van der Waals surface area contributed by atoms with Crippen LogP contribution in [-0.4, -0.2) is 39.6 Å². The first-order chi connectivity index (χ1) is 3.55. The van der Waals surface area contributed by atoms with E-state index < -0.39 is 0 Å². The number of hydrogen-bond donors (Lipinski definition) is 0. The van der Waals surface area contributed by atoms with Gasteiger partial charge in [-0.05, 0) is 39.5 Å². The summed E-state index contributed by atoms with van der Waals surface area (Å²) >= 11 is 5.78. The first-order valence-electron chi connectivity index (χ1n) is 2.99. The maximum absolute atomic E-state index is 5.78. The van der Waals surface area contributed by atoms with E-state index in [9.17, 15) is 0 Å². The van der Waals surface area contributed by atoms with E-state index >= 15 is 0 Å². The van der Waals surface area contributed by atoms with E-state index in [0.717, 1.165) is 0 Å². The van der Waals surface area contributed by atoms with Crippen molar-refractivity contribution in [1.82, 2.24) is 4.42 Å². The number of nitrogens with zero attached hydrogens (tertiary/aromatic N) is 1. The van der Waals surface area contributed by atoms with Crippen LogP contribution >= 0.6 is 11.8 Å². The molecule has 1 nitrogen and oxygen atoms in total. The molecule has 0 amide bonds. The molecule has 9 heavy (non-hydrogen) atoms. The molecule has 0 spiro atoms. The molecule has 0 heterocycles. The van der Waals surface area contributed by atoms with Gasteiger partial charge in [-0.2, -0.15) is 0 Å². The number of hydrogen-bond acceptors (Lipinski definition) is 1. The Labute approximate surface area is 79.0 Å². The van der Waals surface area contributed by atoms with Crippen LogP contribution in [0.3, 0.4) is 0 Å². The Morgan fingerprint density at radius 3 is 1.22 bits per heavy atom. The predicted molar refractivity (Wildman–Crippen MR) is 46.5 cm³/mol. The summed E-state index contributed by atoms with van der Waals surface area (Å²) in [5, 5.41) is 0. The molecule has 0 aliphatic carbocycles. The van der Waals surface area contributed by atoms with Gasteiger partial charge in [0, 0.05) is 12.1 Å². The molecule has 0 N–H and O–H groups in total. The van der Waals surface area contributed by atoms with Crippen molar-refractivity contribution in [2.45, 2.75) is 39.8 Å². The van der Waals surface area contributed by atoms with Gasteiger partial charge in [0.2, 0.25) is 0 Å². The summed E-state index contributed by atoms with van der Waals surface area (Å²) in [5.41, 5.74) is 0. The Bertz CT molecular complexity index is 58.1. The topological polar surface area (TPSA) is 3.24 Å². The van der Waals surface area contributed by atoms with Crippen LogP contribution in [0.15, 0.2) is 0 Å². The first-order valence-corrected chi connectivity index (χ1v) is 3.33. The van der Waals surface area contributed by atoms with Gasteiger partial charge in [0.15, 0.2) is 0 Å². The highest BCUT2D eigenvalue weighted by atomic mass is 35.5. The largest absolute Gasteiger partial charge is 0.316 e. The summed E-state index contributed by atoms with van der Waals surface area (Å²) in [4.78, 5) is 0. The molecule has 0 bridgehead atoms. The van der Waals surface area contributed by atoms with Crippen molar-refractivity contribution in [3.05, 3.63) is 0 Å². The fourth-order valence-electron chi connectivity index (χ4n) is 0.596. The van der Waals surface area contributed by atoms with Crippen LogP contribution in [-0.2, 0) is 0 Å². The van der Waals surface area contributed by atoms with Gasteiger partial charge in [-0.1, -0.05) is 0 Å². The van der Waals surface area contributed by atoms with Crippen LogP contribution in [0.1, 0.15) is 27.7 Å². The number of halogens is 1. The normalized spacial score (nSPS) is 10.7. The zero-order valence-corrected chi connectivity index (χ0v) is 6.74. The fourth-order valence-corrected chi connectivity index (χ4v) is 0.596. The summed E-state index contributed by atoms with van der Waals surface area (Å²) in [5.74, 6) is 0. The van der Waals surface area contributed by atoms with Gasteiger partial charge >= 0.3 is 23.1 Å². The maximum Gasteiger partial charge on any atom is 0.316 e. The van der Waals surface area contributed by atoms with E-state index in [4.69, 9.17) is 11.8 Å². The first kappa shape index (κ1) is 12.7. The second-order valence-electron chi connectivity index (χ2n) is 2.53. The molecule has 0 aromatic carbocycles. The summed E-state index contributed by atoms with van der Waals surface area (Å²) < 4.78 is 1.81. The molecular formula is C6H16ClMgN. The molecule has 0 atom stereocenters. The highest BCUT2D eigenvalue weighted by Gasteiger charge is 2.07. The van der Waals surface area contributed by atoms with Gasteiger partial charge in [0.05, 0.1) is 0 Å². The minimum Gasteiger partial charge on any atom is -0.215 e. The molecule has 0 aromatic rings. The molecule has 54 valence electrons. The minimum absolute atomic E-state index is 0. The molecule has 0 unspecified atom stereocenters. The van der Waals surface area contributed by atoms with Crippen LogP contribution in [0.5, 0.6) is 0 Å². The lowest BCUT2D eigenvalue weighted by Crippen LogP contribution is -2.27. The van der Waals surface area contributed by atoms with Gasteiger partial charge in [0.25, 0.3) is 0 Å². The molecule has 0 aliphatic heterocycles. The van der Waals surface area contributed by atoms with Crippen molar-refractivity contribution in [2.24, 2.45) is 0 Å². The Kier molecular flexibility index (Phi) is 8.13. The zero-order chi connectivity index (χ0) is 6.73. The van der Waals surface area contributed by atoms with Crippen LogP contribution in [0.2, 0.25) is 0 Å². The van der Waals surface area contributed by atoms with Crippen LogP contribution in [0.25, 0.3) is 0 Å². The van der Waals surface area contributed by atoms with Gasteiger partial charge in [0.1, 0.15) is 0 Å². The van der Waals surface area contributed by atoms with Gasteiger partial charge < -0.3 is 0 Å². The highest BCUT2D eigenvalue weighted by molar-refractivity contribution is 6.13. The van der Waals surface area contributed by atoms with Crippen molar-refractivity contribution < 1.29 is 0 Å². The van der Waals surface area contributed by atoms with Crippen molar-refractivity contribution in [1.29, 1.82) is 0 Å².